The Bertz CT molecular complexity index is 258. The fourth-order valence-corrected chi connectivity index (χ4v) is 1.73. The van der Waals surface area contributed by atoms with Crippen LogP contribution in [0.5, 0.6) is 0 Å². The third-order valence-corrected chi connectivity index (χ3v) is 2.34. The van der Waals surface area contributed by atoms with E-state index in [1.165, 1.54) is 5.56 Å². The molecule has 1 aromatic carbocycles. The van der Waals surface area contributed by atoms with Crippen LogP contribution in [-0.2, 0) is 6.42 Å². The lowest BCUT2D eigenvalue weighted by molar-refractivity contribution is 0.156. The summed E-state index contributed by atoms with van der Waals surface area (Å²) in [6.07, 6.45) is 2.97. The van der Waals surface area contributed by atoms with Crippen molar-refractivity contribution >= 4 is 0 Å². The number of fused-ring (bicyclic) bond motifs is 1. The standard InChI is InChI=1S/C10H12O.H2O/c11-10-7-3-5-8-4-1-2-6-9(8)10;/h1-2,4,6,10-11H,3,5,7H2;1H2. The van der Waals surface area contributed by atoms with Crippen molar-refractivity contribution in [1.82, 2.24) is 0 Å². The van der Waals surface area contributed by atoms with Crippen LogP contribution >= 0.6 is 0 Å². The van der Waals surface area contributed by atoms with E-state index in [2.05, 4.69) is 6.07 Å². The molecule has 0 bridgehead atoms. The highest BCUT2D eigenvalue weighted by Crippen LogP contribution is 2.28. The third-order valence-electron chi connectivity index (χ3n) is 2.34. The van der Waals surface area contributed by atoms with Crippen molar-refractivity contribution in [2.24, 2.45) is 0 Å². The number of hydrogen-bond donors (Lipinski definition) is 1. The van der Waals surface area contributed by atoms with Crippen LogP contribution < -0.4 is 0 Å². The van der Waals surface area contributed by atoms with E-state index in [1.54, 1.807) is 0 Å². The van der Waals surface area contributed by atoms with E-state index in [9.17, 15) is 5.11 Å². The Morgan fingerprint density at radius 1 is 1.25 bits per heavy atom. The smallest absolute Gasteiger partial charge is 0.0792 e. The molecular formula is C10H14O2. The minimum absolute atomic E-state index is 0. The highest BCUT2D eigenvalue weighted by Gasteiger charge is 2.15. The first-order valence-electron chi connectivity index (χ1n) is 4.14. The topological polar surface area (TPSA) is 51.7 Å². The Morgan fingerprint density at radius 2 is 2.00 bits per heavy atom. The molecule has 0 aliphatic heterocycles. The molecule has 2 rings (SSSR count). The van der Waals surface area contributed by atoms with Gasteiger partial charge < -0.3 is 10.6 Å². The van der Waals surface area contributed by atoms with Crippen LogP contribution in [0.1, 0.15) is 30.1 Å². The van der Waals surface area contributed by atoms with E-state index in [0.717, 1.165) is 24.8 Å². The minimum Gasteiger partial charge on any atom is -0.412 e. The van der Waals surface area contributed by atoms with Crippen molar-refractivity contribution in [3.05, 3.63) is 35.4 Å². The SMILES string of the molecule is O.OC1CCCc2ccccc21. The molecule has 1 aliphatic carbocycles. The molecule has 2 heteroatoms. The molecule has 12 heavy (non-hydrogen) atoms. The molecule has 1 unspecified atom stereocenters. The van der Waals surface area contributed by atoms with Gasteiger partial charge in [-0.05, 0) is 30.4 Å². The molecule has 1 aliphatic rings. The van der Waals surface area contributed by atoms with Gasteiger partial charge in [-0.15, -0.1) is 0 Å². The first-order chi connectivity index (χ1) is 5.38. The molecule has 0 amide bonds. The van der Waals surface area contributed by atoms with Crippen molar-refractivity contribution in [3.63, 3.8) is 0 Å². The maximum absolute atomic E-state index is 9.56. The summed E-state index contributed by atoms with van der Waals surface area (Å²) in [6.45, 7) is 0. The molecule has 0 saturated heterocycles. The zero-order valence-corrected chi connectivity index (χ0v) is 6.96. The van der Waals surface area contributed by atoms with Gasteiger partial charge in [0.05, 0.1) is 6.10 Å². The molecule has 1 aromatic rings. The Balaban J connectivity index is 0.000000720. The normalized spacial score (nSPS) is 20.9. The van der Waals surface area contributed by atoms with E-state index in [-0.39, 0.29) is 11.6 Å². The summed E-state index contributed by atoms with van der Waals surface area (Å²) >= 11 is 0. The fourth-order valence-electron chi connectivity index (χ4n) is 1.73. The van der Waals surface area contributed by atoms with E-state index in [4.69, 9.17) is 0 Å². The van der Waals surface area contributed by atoms with Crippen LogP contribution in [0.3, 0.4) is 0 Å². The first-order valence-corrected chi connectivity index (χ1v) is 4.14. The van der Waals surface area contributed by atoms with Gasteiger partial charge in [-0.25, -0.2) is 0 Å². The molecule has 0 saturated carbocycles. The van der Waals surface area contributed by atoms with Crippen molar-refractivity contribution in [3.8, 4) is 0 Å². The summed E-state index contributed by atoms with van der Waals surface area (Å²) in [5, 5.41) is 9.56. The molecule has 66 valence electrons. The number of aliphatic hydroxyl groups is 1. The molecular weight excluding hydrogens is 152 g/mol. The second kappa shape index (κ2) is 3.70. The quantitative estimate of drug-likeness (QED) is 0.619. The van der Waals surface area contributed by atoms with Gasteiger partial charge in [0.1, 0.15) is 0 Å². The predicted molar refractivity (Wildman–Crippen MR) is 48.0 cm³/mol. The summed E-state index contributed by atoms with van der Waals surface area (Å²) in [5.41, 5.74) is 2.46. The molecule has 0 spiro atoms. The van der Waals surface area contributed by atoms with E-state index >= 15 is 0 Å². The number of hydrogen-bond acceptors (Lipinski definition) is 1. The van der Waals surface area contributed by atoms with Crippen molar-refractivity contribution in [2.45, 2.75) is 25.4 Å². The van der Waals surface area contributed by atoms with E-state index in [1.807, 2.05) is 18.2 Å². The molecule has 1 atom stereocenters. The van der Waals surface area contributed by atoms with Crippen LogP contribution in [0.4, 0.5) is 0 Å². The van der Waals surface area contributed by atoms with E-state index in [0.29, 0.717) is 0 Å². The third kappa shape index (κ3) is 1.49. The maximum Gasteiger partial charge on any atom is 0.0792 e. The average molecular weight is 166 g/mol. The largest absolute Gasteiger partial charge is 0.412 e. The zero-order valence-electron chi connectivity index (χ0n) is 6.96. The minimum atomic E-state index is -0.208. The molecule has 0 radical (unpaired) electrons. The number of aliphatic hydroxyl groups excluding tert-OH is 1. The maximum atomic E-state index is 9.56. The van der Waals surface area contributed by atoms with Gasteiger partial charge >= 0.3 is 0 Å². The molecule has 0 aromatic heterocycles. The van der Waals surface area contributed by atoms with E-state index < -0.39 is 0 Å². The average Bonchev–Trinajstić information content (AvgIpc) is 2.06. The second-order valence-corrected chi connectivity index (χ2v) is 3.11. The van der Waals surface area contributed by atoms with Gasteiger partial charge in [-0.1, -0.05) is 24.3 Å². The van der Waals surface area contributed by atoms with Gasteiger partial charge in [0.25, 0.3) is 0 Å². The number of aryl methyl sites for hydroxylation is 1. The molecule has 0 heterocycles. The summed E-state index contributed by atoms with van der Waals surface area (Å²) in [7, 11) is 0. The van der Waals surface area contributed by atoms with Gasteiger partial charge in [0.15, 0.2) is 0 Å². The molecule has 3 N–H and O–H groups in total. The first kappa shape index (κ1) is 9.23. The highest BCUT2D eigenvalue weighted by molar-refractivity contribution is 5.30. The van der Waals surface area contributed by atoms with Gasteiger partial charge in [-0.3, -0.25) is 0 Å². The summed E-state index contributed by atoms with van der Waals surface area (Å²) in [4.78, 5) is 0. The summed E-state index contributed by atoms with van der Waals surface area (Å²) < 4.78 is 0. The van der Waals surface area contributed by atoms with Crippen molar-refractivity contribution < 1.29 is 10.6 Å². The monoisotopic (exact) mass is 166 g/mol. The lowest BCUT2D eigenvalue weighted by Gasteiger charge is -2.20. The molecule has 2 nitrogen and oxygen atoms in total. The number of benzene rings is 1. The van der Waals surface area contributed by atoms with Crippen LogP contribution in [0.15, 0.2) is 24.3 Å². The second-order valence-electron chi connectivity index (χ2n) is 3.11. The highest BCUT2D eigenvalue weighted by atomic mass is 16.3. The number of rotatable bonds is 0. The Kier molecular flexibility index (Phi) is 2.84. The lowest BCUT2D eigenvalue weighted by atomic mass is 9.90. The fraction of sp³-hybridized carbons (Fsp3) is 0.400. The predicted octanol–water partition coefficient (Wildman–Crippen LogP) is 1.23. The van der Waals surface area contributed by atoms with Crippen LogP contribution in [-0.4, -0.2) is 10.6 Å². The van der Waals surface area contributed by atoms with Crippen LogP contribution in [0.25, 0.3) is 0 Å². The molecule has 0 fully saturated rings. The lowest BCUT2D eigenvalue weighted by Crippen LogP contribution is -2.08. The summed E-state index contributed by atoms with van der Waals surface area (Å²) in [5.74, 6) is 0. The van der Waals surface area contributed by atoms with Crippen LogP contribution in [0.2, 0.25) is 0 Å². The van der Waals surface area contributed by atoms with Gasteiger partial charge in [0, 0.05) is 0 Å². The van der Waals surface area contributed by atoms with Crippen molar-refractivity contribution in [1.29, 1.82) is 0 Å². The zero-order chi connectivity index (χ0) is 7.68. The van der Waals surface area contributed by atoms with Crippen LogP contribution in [0, 0.1) is 0 Å². The Labute approximate surface area is 72.2 Å². The van der Waals surface area contributed by atoms with Gasteiger partial charge in [-0.2, -0.15) is 0 Å². The summed E-state index contributed by atoms with van der Waals surface area (Å²) in [6, 6.07) is 8.17. The Morgan fingerprint density at radius 3 is 2.75 bits per heavy atom. The van der Waals surface area contributed by atoms with Crippen molar-refractivity contribution in [2.75, 3.05) is 0 Å². The Hall–Kier alpha value is -0.860. The van der Waals surface area contributed by atoms with Gasteiger partial charge in [0.2, 0.25) is 0 Å².